The third-order valence-electron chi connectivity index (χ3n) is 3.53. The Labute approximate surface area is 98.2 Å². The van der Waals surface area contributed by atoms with Gasteiger partial charge in [0.15, 0.2) is 0 Å². The molecule has 0 saturated carbocycles. The van der Waals surface area contributed by atoms with Crippen LogP contribution in [0.15, 0.2) is 0 Å². The summed E-state index contributed by atoms with van der Waals surface area (Å²) in [6.07, 6.45) is 3.49. The van der Waals surface area contributed by atoms with Gasteiger partial charge in [0.05, 0.1) is 0 Å². The Bertz CT molecular complexity index is 213. The van der Waals surface area contributed by atoms with Gasteiger partial charge < -0.3 is 14.9 Å². The molecule has 16 heavy (non-hydrogen) atoms. The Morgan fingerprint density at radius 3 is 2.56 bits per heavy atom. The first kappa shape index (κ1) is 13.5. The summed E-state index contributed by atoms with van der Waals surface area (Å²) in [6, 6.07) is 0.650. The molecule has 0 aromatic carbocycles. The lowest BCUT2D eigenvalue weighted by molar-refractivity contribution is -0.137. The van der Waals surface area contributed by atoms with Crippen LogP contribution in [-0.4, -0.2) is 60.1 Å². The summed E-state index contributed by atoms with van der Waals surface area (Å²) in [4.78, 5) is 15.2. The van der Waals surface area contributed by atoms with Gasteiger partial charge in [-0.15, -0.1) is 0 Å². The highest BCUT2D eigenvalue weighted by molar-refractivity contribution is 5.66. The molecule has 1 rings (SSSR count). The monoisotopic (exact) mass is 228 g/mol. The largest absolute Gasteiger partial charge is 0.481 e. The highest BCUT2D eigenvalue weighted by Crippen LogP contribution is 2.15. The van der Waals surface area contributed by atoms with E-state index in [1.807, 2.05) is 0 Å². The van der Waals surface area contributed by atoms with Crippen molar-refractivity contribution in [2.75, 3.05) is 33.2 Å². The van der Waals surface area contributed by atoms with Crippen LogP contribution < -0.4 is 0 Å². The van der Waals surface area contributed by atoms with Crippen LogP contribution in [-0.2, 0) is 4.79 Å². The van der Waals surface area contributed by atoms with Crippen molar-refractivity contribution < 1.29 is 9.90 Å². The fourth-order valence-electron chi connectivity index (χ4n) is 2.34. The van der Waals surface area contributed by atoms with Crippen molar-refractivity contribution in [1.29, 1.82) is 0 Å². The van der Waals surface area contributed by atoms with E-state index in [0.717, 1.165) is 19.5 Å². The molecule has 0 aromatic heterocycles. The van der Waals surface area contributed by atoms with E-state index in [-0.39, 0.29) is 6.42 Å². The fraction of sp³-hybridized carbons (Fsp3) is 0.917. The van der Waals surface area contributed by atoms with Crippen molar-refractivity contribution in [1.82, 2.24) is 9.80 Å². The summed E-state index contributed by atoms with van der Waals surface area (Å²) in [7, 11) is 2.12. The molecule has 1 heterocycles. The smallest absolute Gasteiger partial charge is 0.303 e. The Hall–Kier alpha value is -0.610. The zero-order chi connectivity index (χ0) is 12.0. The minimum absolute atomic E-state index is 0.290. The van der Waals surface area contributed by atoms with E-state index in [2.05, 4.69) is 23.8 Å². The van der Waals surface area contributed by atoms with Crippen LogP contribution in [0.2, 0.25) is 0 Å². The summed E-state index contributed by atoms with van der Waals surface area (Å²) < 4.78 is 0. The molecule has 4 nitrogen and oxygen atoms in total. The van der Waals surface area contributed by atoms with Crippen molar-refractivity contribution in [2.24, 2.45) is 0 Å². The molecule has 0 unspecified atom stereocenters. The second kappa shape index (κ2) is 6.86. The lowest BCUT2D eigenvalue weighted by atomic mass is 10.0. The van der Waals surface area contributed by atoms with Gasteiger partial charge >= 0.3 is 5.97 Å². The Morgan fingerprint density at radius 1 is 1.44 bits per heavy atom. The average molecular weight is 228 g/mol. The molecule has 0 bridgehead atoms. The van der Waals surface area contributed by atoms with Crippen molar-refractivity contribution in [2.45, 2.75) is 38.6 Å². The third kappa shape index (κ3) is 4.49. The number of rotatable bonds is 6. The zero-order valence-electron chi connectivity index (χ0n) is 10.5. The molecule has 0 aromatic rings. The van der Waals surface area contributed by atoms with E-state index in [1.54, 1.807) is 0 Å². The van der Waals surface area contributed by atoms with Gasteiger partial charge in [-0.05, 0) is 52.5 Å². The maximum Gasteiger partial charge on any atom is 0.303 e. The van der Waals surface area contributed by atoms with Crippen LogP contribution >= 0.6 is 0 Å². The van der Waals surface area contributed by atoms with Gasteiger partial charge in [0.1, 0.15) is 0 Å². The molecule has 0 spiro atoms. The SMILES string of the molecule is CCN1CCC(N(C)CCCC(=O)O)CC1. The molecular weight excluding hydrogens is 204 g/mol. The van der Waals surface area contributed by atoms with E-state index in [9.17, 15) is 4.79 Å². The van der Waals surface area contributed by atoms with E-state index < -0.39 is 5.97 Å². The van der Waals surface area contributed by atoms with Gasteiger partial charge in [-0.3, -0.25) is 4.79 Å². The first-order chi connectivity index (χ1) is 7.63. The van der Waals surface area contributed by atoms with Gasteiger partial charge in [0, 0.05) is 12.5 Å². The van der Waals surface area contributed by atoms with Crippen LogP contribution in [0.5, 0.6) is 0 Å². The Balaban J connectivity index is 2.17. The molecule has 1 N–H and O–H groups in total. The van der Waals surface area contributed by atoms with Crippen molar-refractivity contribution in [3.05, 3.63) is 0 Å². The van der Waals surface area contributed by atoms with Gasteiger partial charge in [-0.25, -0.2) is 0 Å². The number of nitrogens with zero attached hydrogens (tertiary/aromatic N) is 2. The molecule has 1 aliphatic rings. The predicted octanol–water partition coefficient (Wildman–Crippen LogP) is 1.27. The predicted molar refractivity (Wildman–Crippen MR) is 64.6 cm³/mol. The van der Waals surface area contributed by atoms with Gasteiger partial charge in [0.25, 0.3) is 0 Å². The summed E-state index contributed by atoms with van der Waals surface area (Å²) in [5.74, 6) is -0.686. The number of carboxylic acid groups (broad SMARTS) is 1. The molecule has 1 saturated heterocycles. The van der Waals surface area contributed by atoms with Gasteiger partial charge in [0.2, 0.25) is 0 Å². The topological polar surface area (TPSA) is 43.8 Å². The van der Waals surface area contributed by atoms with Crippen molar-refractivity contribution in [3.63, 3.8) is 0 Å². The molecule has 4 heteroatoms. The lowest BCUT2D eigenvalue weighted by Gasteiger charge is -2.36. The van der Waals surface area contributed by atoms with Crippen LogP contribution in [0.3, 0.4) is 0 Å². The highest BCUT2D eigenvalue weighted by Gasteiger charge is 2.21. The first-order valence-corrected chi connectivity index (χ1v) is 6.28. The molecule has 0 atom stereocenters. The Kier molecular flexibility index (Phi) is 5.77. The molecule has 0 amide bonds. The summed E-state index contributed by atoms with van der Waals surface area (Å²) in [6.45, 7) is 6.63. The van der Waals surface area contributed by atoms with Crippen molar-refractivity contribution in [3.8, 4) is 0 Å². The molecular formula is C12H24N2O2. The fourth-order valence-corrected chi connectivity index (χ4v) is 2.34. The third-order valence-corrected chi connectivity index (χ3v) is 3.53. The normalized spacial score (nSPS) is 19.2. The number of aliphatic carboxylic acids is 1. The van der Waals surface area contributed by atoms with Crippen molar-refractivity contribution >= 4 is 5.97 Å². The summed E-state index contributed by atoms with van der Waals surface area (Å²) >= 11 is 0. The number of likely N-dealkylation sites (tertiary alicyclic amines) is 1. The van der Waals surface area contributed by atoms with E-state index in [4.69, 9.17) is 5.11 Å². The summed E-state index contributed by atoms with van der Waals surface area (Å²) in [5.41, 5.74) is 0. The van der Waals surface area contributed by atoms with Gasteiger partial charge in [-0.1, -0.05) is 6.92 Å². The molecule has 0 aliphatic carbocycles. The lowest BCUT2D eigenvalue weighted by Crippen LogP contribution is -2.43. The van der Waals surface area contributed by atoms with Crippen LogP contribution in [0.4, 0.5) is 0 Å². The maximum atomic E-state index is 10.4. The molecule has 94 valence electrons. The molecule has 0 radical (unpaired) electrons. The number of piperidine rings is 1. The average Bonchev–Trinajstić information content (AvgIpc) is 2.28. The number of hydrogen-bond donors (Lipinski definition) is 1. The standard InChI is InChI=1S/C12H24N2O2/c1-3-14-9-6-11(7-10-14)13(2)8-4-5-12(15)16/h11H,3-10H2,1-2H3,(H,15,16). The van der Waals surface area contributed by atoms with Gasteiger partial charge in [-0.2, -0.15) is 0 Å². The number of carbonyl (C=O) groups is 1. The van der Waals surface area contributed by atoms with E-state index in [0.29, 0.717) is 6.04 Å². The molecule has 1 aliphatic heterocycles. The quantitative estimate of drug-likeness (QED) is 0.743. The zero-order valence-corrected chi connectivity index (χ0v) is 10.5. The van der Waals surface area contributed by atoms with Crippen LogP contribution in [0, 0.1) is 0 Å². The number of carboxylic acids is 1. The van der Waals surface area contributed by atoms with E-state index in [1.165, 1.54) is 25.9 Å². The maximum absolute atomic E-state index is 10.4. The Morgan fingerprint density at radius 2 is 2.06 bits per heavy atom. The minimum Gasteiger partial charge on any atom is -0.481 e. The van der Waals surface area contributed by atoms with Crippen LogP contribution in [0.1, 0.15) is 32.6 Å². The highest BCUT2D eigenvalue weighted by atomic mass is 16.4. The second-order valence-electron chi connectivity index (χ2n) is 4.64. The van der Waals surface area contributed by atoms with E-state index >= 15 is 0 Å². The summed E-state index contributed by atoms with van der Waals surface area (Å²) in [5, 5.41) is 8.58. The number of hydrogen-bond acceptors (Lipinski definition) is 3. The molecule has 1 fully saturated rings. The van der Waals surface area contributed by atoms with Crippen LogP contribution in [0.25, 0.3) is 0 Å². The second-order valence-corrected chi connectivity index (χ2v) is 4.64. The first-order valence-electron chi connectivity index (χ1n) is 6.28. The minimum atomic E-state index is -0.686.